The Balaban J connectivity index is 2.54. The molecule has 196 valence electrons. The maximum absolute atomic E-state index is 13.4. The minimum Gasteiger partial charge on any atom is -0.188 e. The van der Waals surface area contributed by atoms with E-state index in [9.17, 15) is 61.5 Å². The van der Waals surface area contributed by atoms with E-state index in [4.69, 9.17) is 0 Å². The number of aryl methyl sites for hydroxylation is 2. The summed E-state index contributed by atoms with van der Waals surface area (Å²) in [5.74, 6) is -20.2. The normalized spacial score (nSPS) is 13.7. The molecular formula is C22H10F14. The topological polar surface area (TPSA) is 0 Å². The van der Waals surface area contributed by atoms with E-state index in [-0.39, 0.29) is 21.9 Å². The Morgan fingerprint density at radius 2 is 0.750 bits per heavy atom. The molecular weight excluding hydrogens is 530 g/mol. The molecule has 2 rings (SSSR count). The van der Waals surface area contributed by atoms with Crippen LogP contribution in [0.1, 0.15) is 22.3 Å². The van der Waals surface area contributed by atoms with Crippen molar-refractivity contribution in [3.05, 3.63) is 46.5 Å². The number of halogens is 14. The van der Waals surface area contributed by atoms with Gasteiger partial charge in [0.05, 0.1) is 0 Å². The van der Waals surface area contributed by atoms with Crippen LogP contribution in [0.25, 0.3) is 10.8 Å². The summed E-state index contributed by atoms with van der Waals surface area (Å²) in [7, 11) is 0. The smallest absolute Gasteiger partial charge is 0.188 e. The van der Waals surface area contributed by atoms with Crippen LogP contribution in [0, 0.1) is 37.5 Å². The molecule has 0 aliphatic heterocycles. The van der Waals surface area contributed by atoms with Crippen molar-refractivity contribution in [3.63, 3.8) is 0 Å². The Labute approximate surface area is 193 Å². The van der Waals surface area contributed by atoms with Crippen molar-refractivity contribution in [2.24, 2.45) is 0 Å². The first-order valence-corrected chi connectivity index (χ1v) is 9.22. The number of benzene rings is 2. The standard InChI is InChI=1S/C22H10F14/c1-11-13(7-9-17(23,24)19(27,28)21(31,32)33)3-6-16-12(2)14(4-5-15(11)16)8-10-18(25,26)20(29,30)22(34,35)36/h3-6H,1-2H3. The average molecular weight is 540 g/mol. The Hall–Kier alpha value is -3.16. The van der Waals surface area contributed by atoms with Crippen molar-refractivity contribution in [2.45, 2.75) is 49.9 Å². The van der Waals surface area contributed by atoms with Gasteiger partial charge < -0.3 is 0 Å². The third-order valence-corrected chi connectivity index (χ3v) is 4.95. The lowest BCUT2D eigenvalue weighted by molar-refractivity contribution is -0.339. The molecule has 0 saturated carbocycles. The van der Waals surface area contributed by atoms with Crippen molar-refractivity contribution in [3.8, 4) is 23.7 Å². The van der Waals surface area contributed by atoms with Crippen LogP contribution in [0.15, 0.2) is 24.3 Å². The van der Waals surface area contributed by atoms with E-state index in [2.05, 4.69) is 0 Å². The first kappa shape index (κ1) is 29.1. The molecule has 0 bridgehead atoms. The van der Waals surface area contributed by atoms with Crippen LogP contribution >= 0.6 is 0 Å². The highest BCUT2D eigenvalue weighted by Crippen LogP contribution is 2.47. The largest absolute Gasteiger partial charge is 0.461 e. The molecule has 0 aliphatic carbocycles. The van der Waals surface area contributed by atoms with Gasteiger partial charge in [-0.2, -0.15) is 61.5 Å². The van der Waals surface area contributed by atoms with Crippen LogP contribution in [-0.2, 0) is 0 Å². The average Bonchev–Trinajstić information content (AvgIpc) is 2.71. The zero-order valence-corrected chi connectivity index (χ0v) is 17.6. The summed E-state index contributed by atoms with van der Waals surface area (Å²) in [6.07, 6.45) is -13.2. The summed E-state index contributed by atoms with van der Waals surface area (Å²) < 4.78 is 179. The SMILES string of the molecule is Cc1c(C#CC(F)(F)C(F)(F)C(F)(F)F)ccc2c(C)c(C#CC(F)(F)C(F)(F)C(F)(F)F)ccc12. The quantitative estimate of drug-likeness (QED) is 0.269. The molecule has 2 aromatic carbocycles. The van der Waals surface area contributed by atoms with Gasteiger partial charge in [0.25, 0.3) is 0 Å². The minimum absolute atomic E-state index is 0.0253. The van der Waals surface area contributed by atoms with Crippen LogP contribution in [0.5, 0.6) is 0 Å². The molecule has 0 fully saturated rings. The van der Waals surface area contributed by atoms with Gasteiger partial charge in [0.15, 0.2) is 0 Å². The van der Waals surface area contributed by atoms with Crippen LogP contribution in [-0.4, -0.2) is 36.0 Å². The maximum atomic E-state index is 13.4. The summed E-state index contributed by atoms with van der Waals surface area (Å²) in [6.45, 7) is 2.41. The molecule has 0 unspecified atom stereocenters. The first-order chi connectivity index (χ1) is 16.0. The third-order valence-electron chi connectivity index (χ3n) is 4.95. The van der Waals surface area contributed by atoms with Gasteiger partial charge in [-0.1, -0.05) is 24.0 Å². The molecule has 14 heteroatoms. The number of fused-ring (bicyclic) bond motifs is 1. The lowest BCUT2D eigenvalue weighted by Crippen LogP contribution is -2.51. The van der Waals surface area contributed by atoms with Gasteiger partial charge in [-0.15, -0.1) is 0 Å². The highest BCUT2D eigenvalue weighted by Gasteiger charge is 2.73. The second-order valence-corrected chi connectivity index (χ2v) is 7.36. The molecule has 36 heavy (non-hydrogen) atoms. The lowest BCUT2D eigenvalue weighted by atomic mass is 9.94. The van der Waals surface area contributed by atoms with Crippen LogP contribution < -0.4 is 0 Å². The molecule has 0 aromatic heterocycles. The Kier molecular flexibility index (Phi) is 7.06. The van der Waals surface area contributed by atoms with Crippen LogP contribution in [0.3, 0.4) is 0 Å². The third kappa shape index (κ3) is 4.90. The fourth-order valence-electron chi connectivity index (χ4n) is 2.78. The van der Waals surface area contributed by atoms with Crippen LogP contribution in [0.4, 0.5) is 61.5 Å². The molecule has 0 radical (unpaired) electrons. The monoisotopic (exact) mass is 540 g/mol. The van der Waals surface area contributed by atoms with Crippen molar-refractivity contribution < 1.29 is 61.5 Å². The van der Waals surface area contributed by atoms with E-state index in [1.54, 1.807) is 0 Å². The second kappa shape index (κ2) is 8.75. The molecule has 0 saturated heterocycles. The van der Waals surface area contributed by atoms with Crippen molar-refractivity contribution >= 4 is 10.8 Å². The van der Waals surface area contributed by atoms with Gasteiger partial charge in [-0.25, -0.2) is 0 Å². The van der Waals surface area contributed by atoms with Crippen molar-refractivity contribution in [1.82, 2.24) is 0 Å². The van der Waals surface area contributed by atoms with E-state index in [1.165, 1.54) is 25.7 Å². The minimum atomic E-state index is -6.58. The first-order valence-electron chi connectivity index (χ1n) is 9.22. The van der Waals surface area contributed by atoms with Gasteiger partial charge in [-0.3, -0.25) is 0 Å². The number of alkyl halides is 14. The zero-order chi connectivity index (χ0) is 28.1. The fraction of sp³-hybridized carbons (Fsp3) is 0.364. The molecule has 0 aliphatic rings. The predicted octanol–water partition coefficient (Wildman–Crippen LogP) is 7.83. The number of rotatable bonds is 2. The zero-order valence-electron chi connectivity index (χ0n) is 17.6. The van der Waals surface area contributed by atoms with E-state index in [0.717, 1.165) is 24.3 Å². The van der Waals surface area contributed by atoms with Crippen molar-refractivity contribution in [2.75, 3.05) is 0 Å². The Morgan fingerprint density at radius 3 is 1.00 bits per heavy atom. The highest BCUT2D eigenvalue weighted by molar-refractivity contribution is 5.91. The second-order valence-electron chi connectivity index (χ2n) is 7.36. The molecule has 0 N–H and O–H groups in total. The highest BCUT2D eigenvalue weighted by atomic mass is 19.4. The van der Waals surface area contributed by atoms with Gasteiger partial charge in [0, 0.05) is 11.1 Å². The summed E-state index contributed by atoms with van der Waals surface area (Å²) >= 11 is 0. The molecule has 2 aromatic rings. The van der Waals surface area contributed by atoms with Gasteiger partial charge >= 0.3 is 36.0 Å². The Bertz CT molecular complexity index is 1190. The molecule has 0 nitrogen and oxygen atoms in total. The summed E-state index contributed by atoms with van der Waals surface area (Å²) in [6, 6.07) is 3.97. The summed E-state index contributed by atoms with van der Waals surface area (Å²) in [5, 5.41) is 0.200. The van der Waals surface area contributed by atoms with Gasteiger partial charge in [-0.05, 0) is 59.7 Å². The number of hydrogen-bond acceptors (Lipinski definition) is 0. The van der Waals surface area contributed by atoms with Crippen molar-refractivity contribution in [1.29, 1.82) is 0 Å². The molecule has 0 atom stereocenters. The molecule has 0 heterocycles. The Morgan fingerprint density at radius 1 is 0.472 bits per heavy atom. The summed E-state index contributed by atoms with van der Waals surface area (Å²) in [5.41, 5.74) is -0.866. The van der Waals surface area contributed by atoms with E-state index in [1.807, 2.05) is 0 Å². The van der Waals surface area contributed by atoms with Gasteiger partial charge in [0.2, 0.25) is 0 Å². The molecule has 0 amide bonds. The van der Waals surface area contributed by atoms with E-state index in [0.29, 0.717) is 11.8 Å². The lowest BCUT2D eigenvalue weighted by Gasteiger charge is -2.24. The van der Waals surface area contributed by atoms with E-state index < -0.39 is 47.2 Å². The maximum Gasteiger partial charge on any atom is 0.461 e. The fourth-order valence-corrected chi connectivity index (χ4v) is 2.78. The van der Waals surface area contributed by atoms with Crippen LogP contribution in [0.2, 0.25) is 0 Å². The van der Waals surface area contributed by atoms with Gasteiger partial charge in [0.1, 0.15) is 0 Å². The number of hydrogen-bond donors (Lipinski definition) is 0. The predicted molar refractivity (Wildman–Crippen MR) is 99.1 cm³/mol. The van der Waals surface area contributed by atoms with E-state index >= 15 is 0 Å². The molecule has 0 spiro atoms. The summed E-state index contributed by atoms with van der Waals surface area (Å²) in [4.78, 5) is 0.